The smallest absolute Gasteiger partial charge is 0.159 e. The van der Waals surface area contributed by atoms with Crippen LogP contribution < -0.4 is 0 Å². The number of aryl methyl sites for hydroxylation is 2. The maximum absolute atomic E-state index is 12.1. The average molecular weight is 422 g/mol. The quantitative estimate of drug-likeness (QED) is 0.443. The van der Waals surface area contributed by atoms with E-state index in [4.69, 9.17) is 0 Å². The van der Waals surface area contributed by atoms with E-state index in [-0.39, 0.29) is 0 Å². The molecule has 32 heavy (non-hydrogen) atoms. The Morgan fingerprint density at radius 2 is 1.62 bits per heavy atom. The highest BCUT2D eigenvalue weighted by Crippen LogP contribution is 2.65. The minimum absolute atomic E-state index is 0.700. The summed E-state index contributed by atoms with van der Waals surface area (Å²) in [5.74, 6) is 6.35. The highest BCUT2D eigenvalue weighted by atomic mass is 16.3. The van der Waals surface area contributed by atoms with Gasteiger partial charge < -0.3 is 14.8 Å². The van der Waals surface area contributed by atoms with Crippen LogP contribution in [0.15, 0.2) is 85.1 Å². The van der Waals surface area contributed by atoms with Crippen LogP contribution in [0, 0.1) is 24.2 Å². The fourth-order valence-electron chi connectivity index (χ4n) is 4.86. The van der Waals surface area contributed by atoms with Crippen LogP contribution in [0.2, 0.25) is 0 Å². The molecule has 5 rings (SSSR count). The molecule has 4 aromatic rings. The van der Waals surface area contributed by atoms with Crippen LogP contribution in [0.4, 0.5) is 0 Å². The Morgan fingerprint density at radius 3 is 2.28 bits per heavy atom. The van der Waals surface area contributed by atoms with Gasteiger partial charge in [-0.3, -0.25) is 0 Å². The molecule has 0 bridgehead atoms. The molecule has 1 fully saturated rings. The molecule has 1 saturated carbocycles. The fourth-order valence-corrected chi connectivity index (χ4v) is 4.86. The van der Waals surface area contributed by atoms with Crippen molar-refractivity contribution in [2.75, 3.05) is 0 Å². The van der Waals surface area contributed by atoms with Gasteiger partial charge in [0.05, 0.1) is 6.10 Å². The van der Waals surface area contributed by atoms with Crippen molar-refractivity contribution >= 4 is 10.9 Å². The van der Waals surface area contributed by atoms with Crippen molar-refractivity contribution in [3.05, 3.63) is 107 Å². The summed E-state index contributed by atoms with van der Waals surface area (Å²) in [6.45, 7) is 2.07. The first-order valence-corrected chi connectivity index (χ1v) is 11.0. The second-order valence-corrected chi connectivity index (χ2v) is 8.97. The van der Waals surface area contributed by atoms with Gasteiger partial charge in [-0.25, -0.2) is 0 Å². The van der Waals surface area contributed by atoms with Crippen molar-refractivity contribution in [2.24, 2.45) is 12.5 Å². The number of fused-ring (bicyclic) bond motifs is 1. The van der Waals surface area contributed by atoms with Crippen LogP contribution >= 0.6 is 0 Å². The maximum atomic E-state index is 12.1. The van der Waals surface area contributed by atoms with Gasteiger partial charge in [-0.15, -0.1) is 0 Å². The van der Waals surface area contributed by atoms with Gasteiger partial charge in [0.1, 0.15) is 0 Å². The maximum Gasteiger partial charge on any atom is 0.159 e. The highest BCUT2D eigenvalue weighted by Gasteiger charge is 2.64. The number of nitrogens with zero attached hydrogens (tertiary/aromatic N) is 1. The first-order chi connectivity index (χ1) is 15.4. The van der Waals surface area contributed by atoms with Gasteiger partial charge in [0.25, 0.3) is 0 Å². The molecule has 2 unspecified atom stereocenters. The summed E-state index contributed by atoms with van der Waals surface area (Å²) in [4.78, 5) is 0. The summed E-state index contributed by atoms with van der Waals surface area (Å²) in [6, 6.07) is 25.5. The van der Waals surface area contributed by atoms with Crippen LogP contribution in [0.3, 0.4) is 0 Å². The molecule has 1 aliphatic carbocycles. The van der Waals surface area contributed by atoms with E-state index >= 15 is 0 Å². The molecular weight excluding hydrogens is 394 g/mol. The zero-order valence-corrected chi connectivity index (χ0v) is 18.4. The molecule has 0 saturated heterocycles. The van der Waals surface area contributed by atoms with E-state index in [0.717, 1.165) is 27.6 Å². The van der Waals surface area contributed by atoms with Gasteiger partial charge in [-0.1, -0.05) is 72.5 Å². The summed E-state index contributed by atoms with van der Waals surface area (Å²) in [6.07, 6.45) is 2.55. The molecule has 2 atom stereocenters. The Labute approximate surface area is 189 Å². The predicted molar refractivity (Wildman–Crippen MR) is 128 cm³/mol. The predicted octanol–water partition coefficient (Wildman–Crippen LogP) is 5.24. The molecule has 1 aromatic heterocycles. The molecule has 3 nitrogen and oxygen atoms in total. The monoisotopic (exact) mass is 421 g/mol. The number of benzene rings is 3. The van der Waals surface area contributed by atoms with Crippen molar-refractivity contribution in [3.8, 4) is 11.8 Å². The Hall–Kier alpha value is -3.32. The van der Waals surface area contributed by atoms with Crippen molar-refractivity contribution in [1.82, 2.24) is 4.57 Å². The van der Waals surface area contributed by atoms with E-state index in [1.54, 1.807) is 0 Å². The van der Waals surface area contributed by atoms with Crippen molar-refractivity contribution in [3.63, 3.8) is 0 Å². The Balaban J connectivity index is 1.64. The van der Waals surface area contributed by atoms with E-state index in [9.17, 15) is 10.2 Å². The van der Waals surface area contributed by atoms with E-state index in [1.165, 1.54) is 5.56 Å². The van der Waals surface area contributed by atoms with Crippen LogP contribution in [0.5, 0.6) is 0 Å². The van der Waals surface area contributed by atoms with E-state index in [0.29, 0.717) is 12.8 Å². The number of aliphatic hydroxyl groups is 2. The molecule has 3 aromatic carbocycles. The molecule has 0 amide bonds. The molecule has 0 aliphatic heterocycles. The van der Waals surface area contributed by atoms with Gasteiger partial charge in [-0.05, 0) is 49.1 Å². The molecule has 0 radical (unpaired) electrons. The lowest BCUT2D eigenvalue weighted by Gasteiger charge is -2.36. The summed E-state index contributed by atoms with van der Waals surface area (Å²) >= 11 is 0. The van der Waals surface area contributed by atoms with Gasteiger partial charge in [0, 0.05) is 40.7 Å². The van der Waals surface area contributed by atoms with Gasteiger partial charge in [0.15, 0.2) is 5.60 Å². The summed E-state index contributed by atoms with van der Waals surface area (Å²) in [5.41, 5.74) is 2.41. The number of hydrogen-bond donors (Lipinski definition) is 2. The molecule has 0 spiro atoms. The largest absolute Gasteiger partial charge is 0.388 e. The Kier molecular flexibility index (Phi) is 4.93. The second-order valence-electron chi connectivity index (χ2n) is 8.97. The molecule has 1 aliphatic rings. The third-order valence-electron chi connectivity index (χ3n) is 6.86. The lowest BCUT2D eigenvalue weighted by Crippen LogP contribution is -2.39. The lowest BCUT2D eigenvalue weighted by molar-refractivity contribution is -0.0555. The molecule has 160 valence electrons. The number of aliphatic hydroxyl groups excluding tert-OH is 1. The minimum Gasteiger partial charge on any atom is -0.388 e. The van der Waals surface area contributed by atoms with Gasteiger partial charge in [-0.2, -0.15) is 0 Å². The third kappa shape index (κ3) is 3.24. The van der Waals surface area contributed by atoms with Crippen molar-refractivity contribution in [1.29, 1.82) is 0 Å². The van der Waals surface area contributed by atoms with E-state index in [2.05, 4.69) is 37.0 Å². The third-order valence-corrected chi connectivity index (χ3v) is 6.86. The SMILES string of the molecule is Cc1ccc2c(C(O)C3(C(O)(C#Cc4ccccc4)c4ccccc4)CC3)cn(C)c2c1. The van der Waals surface area contributed by atoms with Crippen molar-refractivity contribution < 1.29 is 10.2 Å². The van der Waals surface area contributed by atoms with Crippen LogP contribution in [-0.4, -0.2) is 14.8 Å². The van der Waals surface area contributed by atoms with E-state index in [1.807, 2.05) is 78.5 Å². The van der Waals surface area contributed by atoms with Crippen molar-refractivity contribution in [2.45, 2.75) is 31.5 Å². The highest BCUT2D eigenvalue weighted by molar-refractivity contribution is 5.85. The zero-order valence-electron chi connectivity index (χ0n) is 18.4. The Morgan fingerprint density at radius 1 is 0.969 bits per heavy atom. The number of rotatable bonds is 4. The van der Waals surface area contributed by atoms with Crippen LogP contribution in [0.25, 0.3) is 10.9 Å². The Bertz CT molecular complexity index is 1320. The normalized spacial score (nSPS) is 17.2. The van der Waals surface area contributed by atoms with Crippen LogP contribution in [-0.2, 0) is 12.6 Å². The molecular formula is C29H27NO2. The fraction of sp³-hybridized carbons (Fsp3) is 0.241. The first kappa shape index (κ1) is 20.6. The lowest BCUT2D eigenvalue weighted by atomic mass is 9.73. The molecule has 2 N–H and O–H groups in total. The summed E-state index contributed by atoms with van der Waals surface area (Å²) in [5, 5.41) is 24.9. The zero-order chi connectivity index (χ0) is 22.3. The summed E-state index contributed by atoms with van der Waals surface area (Å²) < 4.78 is 2.05. The standard InChI is InChI=1S/C29H27NO2/c1-21-13-14-24-25(20-30(2)26(24)19-21)27(31)28(17-18-28)29(32,23-11-7-4-8-12-23)16-15-22-9-5-3-6-10-22/h3-14,19-20,27,31-32H,17-18H2,1-2H3. The summed E-state index contributed by atoms with van der Waals surface area (Å²) in [7, 11) is 2.00. The van der Waals surface area contributed by atoms with Gasteiger partial charge >= 0.3 is 0 Å². The van der Waals surface area contributed by atoms with E-state index < -0.39 is 17.1 Å². The molecule has 1 heterocycles. The number of hydrogen-bond acceptors (Lipinski definition) is 2. The average Bonchev–Trinajstić information content (AvgIpc) is 3.58. The number of aromatic nitrogens is 1. The second kappa shape index (κ2) is 7.67. The molecule has 3 heteroatoms. The van der Waals surface area contributed by atoms with Gasteiger partial charge in [0.2, 0.25) is 0 Å². The first-order valence-electron chi connectivity index (χ1n) is 11.0. The minimum atomic E-state index is -1.48. The topological polar surface area (TPSA) is 45.4 Å². The van der Waals surface area contributed by atoms with Crippen LogP contribution in [0.1, 0.15) is 41.2 Å².